The van der Waals surface area contributed by atoms with Gasteiger partial charge < -0.3 is 5.11 Å². The van der Waals surface area contributed by atoms with Crippen molar-refractivity contribution in [2.75, 3.05) is 6.26 Å². The number of carboxylic acid groups (broad SMARTS) is 1. The van der Waals surface area contributed by atoms with Gasteiger partial charge in [0, 0.05) is 14.7 Å². The van der Waals surface area contributed by atoms with E-state index in [-0.39, 0.29) is 12.2 Å². The summed E-state index contributed by atoms with van der Waals surface area (Å²) in [6.45, 7) is 0. The fourth-order valence-corrected chi connectivity index (χ4v) is 3.92. The SMILES string of the molecule is CSc1ccc(Sc2cc(CC(=O)O)cc3ccc(F)cc23)cc1. The van der Waals surface area contributed by atoms with E-state index in [0.29, 0.717) is 5.56 Å². The Morgan fingerprint density at radius 3 is 2.42 bits per heavy atom. The number of halogens is 1. The molecular weight excluding hydrogens is 343 g/mol. The molecular formula is C19H15FO2S2. The summed E-state index contributed by atoms with van der Waals surface area (Å²) in [5.41, 5.74) is 0.713. The Bertz CT molecular complexity index is 892. The molecule has 0 fully saturated rings. The molecule has 0 heterocycles. The number of aliphatic carboxylic acids is 1. The zero-order valence-electron chi connectivity index (χ0n) is 13.0. The number of benzene rings is 3. The topological polar surface area (TPSA) is 37.3 Å². The maximum atomic E-state index is 13.7. The van der Waals surface area contributed by atoms with Gasteiger partial charge in [0.25, 0.3) is 0 Å². The number of rotatable bonds is 5. The summed E-state index contributed by atoms with van der Waals surface area (Å²) in [6.07, 6.45) is 1.97. The van der Waals surface area contributed by atoms with E-state index in [0.717, 1.165) is 20.6 Å². The van der Waals surface area contributed by atoms with Crippen LogP contribution >= 0.6 is 23.5 Å². The lowest BCUT2D eigenvalue weighted by Gasteiger charge is -2.10. The highest BCUT2D eigenvalue weighted by atomic mass is 32.2. The average Bonchev–Trinajstić information content (AvgIpc) is 2.55. The number of fused-ring (bicyclic) bond motifs is 1. The van der Waals surface area contributed by atoms with Crippen LogP contribution in [0.5, 0.6) is 0 Å². The van der Waals surface area contributed by atoms with Crippen molar-refractivity contribution in [3.63, 3.8) is 0 Å². The van der Waals surface area contributed by atoms with Crippen LogP contribution < -0.4 is 0 Å². The first-order valence-electron chi connectivity index (χ1n) is 7.31. The van der Waals surface area contributed by atoms with Gasteiger partial charge >= 0.3 is 5.97 Å². The molecule has 1 N–H and O–H groups in total. The molecule has 0 aromatic heterocycles. The van der Waals surface area contributed by atoms with Crippen LogP contribution in [0.1, 0.15) is 5.56 Å². The van der Waals surface area contributed by atoms with Crippen LogP contribution in [0.4, 0.5) is 4.39 Å². The van der Waals surface area contributed by atoms with Crippen molar-refractivity contribution < 1.29 is 14.3 Å². The minimum absolute atomic E-state index is 0.0493. The summed E-state index contributed by atoms with van der Waals surface area (Å²) in [6, 6.07) is 16.3. The molecule has 0 amide bonds. The van der Waals surface area contributed by atoms with E-state index in [1.807, 2.05) is 42.7 Å². The van der Waals surface area contributed by atoms with Crippen LogP contribution in [0, 0.1) is 5.82 Å². The number of carbonyl (C=O) groups is 1. The maximum absolute atomic E-state index is 13.7. The van der Waals surface area contributed by atoms with Crippen LogP contribution in [0.2, 0.25) is 0 Å². The largest absolute Gasteiger partial charge is 0.481 e. The van der Waals surface area contributed by atoms with E-state index in [9.17, 15) is 9.18 Å². The van der Waals surface area contributed by atoms with Crippen molar-refractivity contribution in [3.05, 3.63) is 66.0 Å². The summed E-state index contributed by atoms with van der Waals surface area (Å²) >= 11 is 3.19. The molecule has 122 valence electrons. The molecule has 5 heteroatoms. The number of thioether (sulfide) groups is 1. The molecule has 0 aliphatic carbocycles. The molecule has 3 aromatic rings. The first-order valence-corrected chi connectivity index (χ1v) is 9.35. The smallest absolute Gasteiger partial charge is 0.307 e. The van der Waals surface area contributed by atoms with Gasteiger partial charge in [-0.3, -0.25) is 4.79 Å². The van der Waals surface area contributed by atoms with E-state index in [2.05, 4.69) is 0 Å². The lowest BCUT2D eigenvalue weighted by atomic mass is 10.0. The molecule has 0 bridgehead atoms. The van der Waals surface area contributed by atoms with E-state index < -0.39 is 5.97 Å². The molecule has 3 aromatic carbocycles. The minimum Gasteiger partial charge on any atom is -0.481 e. The van der Waals surface area contributed by atoms with Gasteiger partial charge in [-0.2, -0.15) is 0 Å². The second-order valence-electron chi connectivity index (χ2n) is 5.31. The highest BCUT2D eigenvalue weighted by molar-refractivity contribution is 7.99. The summed E-state index contributed by atoms with van der Waals surface area (Å²) in [7, 11) is 0. The van der Waals surface area contributed by atoms with Crippen LogP contribution in [0.3, 0.4) is 0 Å². The highest BCUT2D eigenvalue weighted by Gasteiger charge is 2.10. The molecule has 0 saturated carbocycles. The lowest BCUT2D eigenvalue weighted by Crippen LogP contribution is -2.00. The number of hydrogen-bond acceptors (Lipinski definition) is 3. The Hall–Kier alpha value is -1.98. The van der Waals surface area contributed by atoms with Gasteiger partial charge in [0.05, 0.1) is 6.42 Å². The standard InChI is InChI=1S/C19H15FO2S2/c1-23-15-4-6-16(7-5-15)24-18-9-12(10-19(21)22)8-13-2-3-14(20)11-17(13)18/h2-9,11H,10H2,1H3,(H,21,22). The van der Waals surface area contributed by atoms with Crippen LogP contribution in [0.25, 0.3) is 10.8 Å². The minimum atomic E-state index is -0.878. The van der Waals surface area contributed by atoms with Crippen molar-refractivity contribution >= 4 is 40.3 Å². The Morgan fingerprint density at radius 2 is 1.75 bits per heavy atom. The number of hydrogen-bond donors (Lipinski definition) is 1. The summed E-state index contributed by atoms with van der Waals surface area (Å²) in [5, 5.41) is 10.7. The van der Waals surface area contributed by atoms with Gasteiger partial charge in [-0.05, 0) is 65.1 Å². The second kappa shape index (κ2) is 7.28. The first kappa shape index (κ1) is 16.9. The summed E-state index contributed by atoms with van der Waals surface area (Å²) in [5.74, 6) is -1.18. The maximum Gasteiger partial charge on any atom is 0.307 e. The van der Waals surface area contributed by atoms with Gasteiger partial charge in [-0.15, -0.1) is 11.8 Å². The molecule has 0 aliphatic rings. The van der Waals surface area contributed by atoms with Crippen molar-refractivity contribution in [2.24, 2.45) is 0 Å². The van der Waals surface area contributed by atoms with Crippen molar-refractivity contribution in [1.82, 2.24) is 0 Å². The van der Waals surface area contributed by atoms with Gasteiger partial charge in [-0.25, -0.2) is 4.39 Å². The second-order valence-corrected chi connectivity index (χ2v) is 7.30. The summed E-state index contributed by atoms with van der Waals surface area (Å²) in [4.78, 5) is 14.1. The van der Waals surface area contributed by atoms with Crippen LogP contribution in [0.15, 0.2) is 69.3 Å². The summed E-state index contributed by atoms with van der Waals surface area (Å²) < 4.78 is 13.7. The average molecular weight is 358 g/mol. The van der Waals surface area contributed by atoms with E-state index >= 15 is 0 Å². The molecule has 0 saturated heterocycles. The van der Waals surface area contributed by atoms with Gasteiger partial charge in [-0.1, -0.05) is 23.9 Å². The molecule has 24 heavy (non-hydrogen) atoms. The fourth-order valence-electron chi connectivity index (χ4n) is 2.49. The number of carboxylic acids is 1. The normalized spacial score (nSPS) is 10.9. The van der Waals surface area contributed by atoms with Crippen LogP contribution in [-0.2, 0) is 11.2 Å². The Labute approximate surface area is 148 Å². The van der Waals surface area contributed by atoms with Gasteiger partial charge in [0.15, 0.2) is 0 Å². The predicted molar refractivity (Wildman–Crippen MR) is 97.6 cm³/mol. The Balaban J connectivity index is 2.05. The molecule has 0 radical (unpaired) electrons. The zero-order valence-corrected chi connectivity index (χ0v) is 14.6. The fraction of sp³-hybridized carbons (Fsp3) is 0.105. The third-order valence-electron chi connectivity index (χ3n) is 3.58. The molecule has 0 aliphatic heterocycles. The van der Waals surface area contributed by atoms with Gasteiger partial charge in [0.1, 0.15) is 5.82 Å². The van der Waals surface area contributed by atoms with Crippen LogP contribution in [-0.4, -0.2) is 17.3 Å². The van der Waals surface area contributed by atoms with Crippen molar-refractivity contribution in [1.29, 1.82) is 0 Å². The van der Waals surface area contributed by atoms with Crippen molar-refractivity contribution in [2.45, 2.75) is 21.1 Å². The Morgan fingerprint density at radius 1 is 1.04 bits per heavy atom. The monoisotopic (exact) mass is 358 g/mol. The molecule has 3 rings (SSSR count). The van der Waals surface area contributed by atoms with Gasteiger partial charge in [0.2, 0.25) is 0 Å². The Kier molecular flexibility index (Phi) is 5.11. The van der Waals surface area contributed by atoms with Crippen molar-refractivity contribution in [3.8, 4) is 0 Å². The zero-order chi connectivity index (χ0) is 17.1. The molecule has 2 nitrogen and oxygen atoms in total. The highest BCUT2D eigenvalue weighted by Crippen LogP contribution is 2.35. The van der Waals surface area contributed by atoms with E-state index in [1.165, 1.54) is 28.8 Å². The lowest BCUT2D eigenvalue weighted by molar-refractivity contribution is -0.136. The third kappa shape index (κ3) is 3.91. The third-order valence-corrected chi connectivity index (χ3v) is 5.39. The van der Waals surface area contributed by atoms with E-state index in [4.69, 9.17) is 5.11 Å². The molecule has 0 unspecified atom stereocenters. The van der Waals surface area contributed by atoms with E-state index in [1.54, 1.807) is 17.8 Å². The molecule has 0 atom stereocenters. The first-order chi connectivity index (χ1) is 11.5. The molecule has 0 spiro atoms. The predicted octanol–water partition coefficient (Wildman–Crippen LogP) is 5.48. The quantitative estimate of drug-likeness (QED) is 0.613.